The number of nitrogens with zero attached hydrogens (tertiary/aromatic N) is 1. The molecule has 4 nitrogen and oxygen atoms in total. The van der Waals surface area contributed by atoms with Crippen LogP contribution in [0.2, 0.25) is 0 Å². The molecule has 0 atom stereocenters. The van der Waals surface area contributed by atoms with Crippen molar-refractivity contribution in [2.45, 2.75) is 0 Å². The van der Waals surface area contributed by atoms with Crippen molar-refractivity contribution in [1.29, 1.82) is 0 Å². The van der Waals surface area contributed by atoms with Gasteiger partial charge in [0.15, 0.2) is 17.2 Å². The molecule has 0 aliphatic carbocycles. The smallest absolute Gasteiger partial charge is 0.189 e. The molecule has 0 bridgehead atoms. The van der Waals surface area contributed by atoms with E-state index in [0.29, 0.717) is 22.4 Å². The number of benzene rings is 1. The summed E-state index contributed by atoms with van der Waals surface area (Å²) in [4.78, 5) is 4.09. The van der Waals surface area contributed by atoms with Gasteiger partial charge in [-0.3, -0.25) is 10.1 Å². The predicted octanol–water partition coefficient (Wildman–Crippen LogP) is 2.40. The molecule has 0 aliphatic heterocycles. The van der Waals surface area contributed by atoms with Gasteiger partial charge in [-0.1, -0.05) is 0 Å². The van der Waals surface area contributed by atoms with Crippen LogP contribution < -0.4 is 9.47 Å². The van der Waals surface area contributed by atoms with Gasteiger partial charge in [-0.25, -0.2) is 0 Å². The second kappa shape index (κ2) is 3.65. The Morgan fingerprint density at radius 1 is 1.13 bits per heavy atom. The summed E-state index contributed by atoms with van der Waals surface area (Å²) in [5, 5.41) is 12.0. The fourth-order valence-electron chi connectivity index (χ4n) is 1.45. The molecule has 2 rings (SSSR count). The van der Waals surface area contributed by atoms with Crippen molar-refractivity contribution < 1.29 is 14.6 Å². The van der Waals surface area contributed by atoms with Gasteiger partial charge in [-0.05, 0) is 6.07 Å². The van der Waals surface area contributed by atoms with E-state index < -0.39 is 0 Å². The van der Waals surface area contributed by atoms with E-state index in [2.05, 4.69) is 4.98 Å². The fraction of sp³-hybridized carbons (Fsp3) is 0.182. The van der Waals surface area contributed by atoms with Crippen LogP contribution in [0.1, 0.15) is 0 Å². The highest BCUT2D eigenvalue weighted by Crippen LogP contribution is 2.34. The van der Waals surface area contributed by atoms with Gasteiger partial charge < -0.3 is 9.47 Å². The lowest BCUT2D eigenvalue weighted by Crippen LogP contribution is -1.91. The van der Waals surface area contributed by atoms with Crippen LogP contribution in [-0.2, 0) is 5.11 Å². The summed E-state index contributed by atoms with van der Waals surface area (Å²) in [6.45, 7) is 0. The molecule has 0 saturated carbocycles. The van der Waals surface area contributed by atoms with Crippen LogP contribution in [0.4, 0.5) is 0 Å². The fourth-order valence-corrected chi connectivity index (χ4v) is 1.45. The number of ether oxygens (including phenoxy) is 2. The lowest BCUT2D eigenvalue weighted by molar-refractivity contribution is 0.352. The lowest BCUT2D eigenvalue weighted by atomic mass is 10.2. The van der Waals surface area contributed by atoms with Crippen LogP contribution in [0, 0.1) is 0 Å². The first kappa shape index (κ1) is 9.58. The van der Waals surface area contributed by atoms with E-state index in [1.807, 2.05) is 0 Å². The van der Waals surface area contributed by atoms with Crippen molar-refractivity contribution in [3.63, 3.8) is 0 Å². The molecule has 1 radical (unpaired) electrons. The maximum atomic E-state index is 11.5. The van der Waals surface area contributed by atoms with Crippen molar-refractivity contribution in [2.24, 2.45) is 0 Å². The molecule has 0 amide bonds. The summed E-state index contributed by atoms with van der Waals surface area (Å²) in [6, 6.07) is 4.76. The molecule has 0 aliphatic rings. The van der Waals surface area contributed by atoms with Crippen LogP contribution in [0.5, 0.6) is 17.2 Å². The molecule has 0 fully saturated rings. The molecule has 77 valence electrons. The Hall–Kier alpha value is -1.97. The molecule has 1 aromatic carbocycles. The third-order valence-corrected chi connectivity index (χ3v) is 2.21. The monoisotopic (exact) mass is 204 g/mol. The summed E-state index contributed by atoms with van der Waals surface area (Å²) in [7, 11) is 3.08. The van der Waals surface area contributed by atoms with Crippen LogP contribution in [0.15, 0.2) is 24.4 Å². The lowest BCUT2D eigenvalue weighted by Gasteiger charge is -2.08. The molecule has 0 unspecified atom stereocenters. The van der Waals surface area contributed by atoms with Crippen LogP contribution in [0.25, 0.3) is 10.9 Å². The highest BCUT2D eigenvalue weighted by atomic mass is 16.5. The molecule has 0 N–H and O–H groups in total. The summed E-state index contributed by atoms with van der Waals surface area (Å²) in [6.07, 6.45) is 1.48. The molecule has 15 heavy (non-hydrogen) atoms. The summed E-state index contributed by atoms with van der Waals surface area (Å²) < 4.78 is 10.2. The van der Waals surface area contributed by atoms with Gasteiger partial charge in [0.05, 0.1) is 25.1 Å². The highest BCUT2D eigenvalue weighted by Gasteiger charge is 2.09. The molecule has 0 saturated heterocycles. The first-order valence-electron chi connectivity index (χ1n) is 4.44. The Balaban J connectivity index is 2.75. The van der Waals surface area contributed by atoms with Crippen molar-refractivity contribution in [2.75, 3.05) is 14.2 Å². The van der Waals surface area contributed by atoms with Crippen molar-refractivity contribution >= 4 is 10.9 Å². The van der Waals surface area contributed by atoms with E-state index in [4.69, 9.17) is 9.47 Å². The zero-order valence-corrected chi connectivity index (χ0v) is 8.48. The van der Waals surface area contributed by atoms with E-state index in [1.165, 1.54) is 19.4 Å². The second-order valence-corrected chi connectivity index (χ2v) is 3.03. The van der Waals surface area contributed by atoms with Gasteiger partial charge >= 0.3 is 0 Å². The SMILES string of the molecule is COc1cc2nccc([O])c2cc1OC. The third kappa shape index (κ3) is 1.54. The number of hydrogen-bond acceptors (Lipinski definition) is 3. The maximum absolute atomic E-state index is 11.5. The van der Waals surface area contributed by atoms with E-state index in [1.54, 1.807) is 19.2 Å². The Morgan fingerprint density at radius 2 is 1.80 bits per heavy atom. The van der Waals surface area contributed by atoms with Crippen molar-refractivity contribution in [1.82, 2.24) is 4.98 Å². The normalized spacial score (nSPS) is 10.3. The first-order chi connectivity index (χ1) is 7.26. The van der Waals surface area contributed by atoms with Gasteiger partial charge in [0.1, 0.15) is 0 Å². The van der Waals surface area contributed by atoms with E-state index in [0.717, 1.165) is 0 Å². The van der Waals surface area contributed by atoms with E-state index in [9.17, 15) is 5.11 Å². The largest absolute Gasteiger partial charge is 0.493 e. The quantitative estimate of drug-likeness (QED) is 0.754. The van der Waals surface area contributed by atoms with Gasteiger partial charge in [0.2, 0.25) is 0 Å². The molecule has 4 heteroatoms. The highest BCUT2D eigenvalue weighted by molar-refractivity contribution is 5.87. The molecule has 0 spiro atoms. The Bertz CT molecular complexity index is 496. The topological polar surface area (TPSA) is 51.2 Å². The average Bonchev–Trinajstić information content (AvgIpc) is 2.28. The second-order valence-electron chi connectivity index (χ2n) is 3.03. The number of aromatic nitrogens is 1. The number of hydrogen-bond donors (Lipinski definition) is 0. The van der Waals surface area contributed by atoms with Crippen LogP contribution in [-0.4, -0.2) is 19.2 Å². The van der Waals surface area contributed by atoms with Gasteiger partial charge in [0, 0.05) is 18.3 Å². The molecule has 1 heterocycles. The number of pyridine rings is 1. The summed E-state index contributed by atoms with van der Waals surface area (Å²) in [5.41, 5.74) is 0.611. The van der Waals surface area contributed by atoms with Crippen LogP contribution in [0.3, 0.4) is 0 Å². The van der Waals surface area contributed by atoms with Crippen molar-refractivity contribution in [3.8, 4) is 17.2 Å². The molecule has 2 aromatic rings. The number of methoxy groups -OCH3 is 2. The van der Waals surface area contributed by atoms with E-state index >= 15 is 0 Å². The van der Waals surface area contributed by atoms with Gasteiger partial charge in [0.25, 0.3) is 0 Å². The average molecular weight is 204 g/mol. The predicted molar refractivity (Wildman–Crippen MR) is 55.0 cm³/mol. The minimum absolute atomic E-state index is 0.0686. The minimum atomic E-state index is -0.0686. The zero-order chi connectivity index (χ0) is 10.8. The van der Waals surface area contributed by atoms with Crippen molar-refractivity contribution in [3.05, 3.63) is 24.4 Å². The number of rotatable bonds is 2. The minimum Gasteiger partial charge on any atom is -0.493 e. The summed E-state index contributed by atoms with van der Waals surface area (Å²) >= 11 is 0. The molecular weight excluding hydrogens is 194 g/mol. The Morgan fingerprint density at radius 3 is 2.47 bits per heavy atom. The Labute approximate surface area is 87.1 Å². The van der Waals surface area contributed by atoms with Gasteiger partial charge in [-0.2, -0.15) is 0 Å². The number of fused-ring (bicyclic) bond motifs is 1. The van der Waals surface area contributed by atoms with Crippen LogP contribution >= 0.6 is 0 Å². The van der Waals surface area contributed by atoms with E-state index in [-0.39, 0.29) is 5.75 Å². The first-order valence-corrected chi connectivity index (χ1v) is 4.44. The molecular formula is C11H10NO3. The zero-order valence-electron chi connectivity index (χ0n) is 8.48. The molecule has 1 aromatic heterocycles. The third-order valence-electron chi connectivity index (χ3n) is 2.21. The van der Waals surface area contributed by atoms with Gasteiger partial charge in [-0.15, -0.1) is 0 Å². The maximum Gasteiger partial charge on any atom is 0.189 e. The Kier molecular flexibility index (Phi) is 2.33. The summed E-state index contributed by atoms with van der Waals surface area (Å²) in [5.74, 6) is 1.04. The standard InChI is InChI=1S/C11H10NO3/c1-14-10-5-7-8(6-11(10)15-2)12-4-3-9(7)13/h3-6H,1-2H3.